The van der Waals surface area contributed by atoms with Crippen LogP contribution in [0.3, 0.4) is 0 Å². The van der Waals surface area contributed by atoms with Crippen molar-refractivity contribution in [3.63, 3.8) is 0 Å². The maximum Gasteiger partial charge on any atom is 0.219 e. The Morgan fingerprint density at radius 3 is 2.44 bits per heavy atom. The number of halogens is 3. The first-order valence-corrected chi connectivity index (χ1v) is 6.36. The summed E-state index contributed by atoms with van der Waals surface area (Å²) in [5.74, 6) is 1.09. The molecule has 0 unspecified atom stereocenters. The number of aromatic nitrogens is 1. The summed E-state index contributed by atoms with van der Waals surface area (Å²) in [6.07, 6.45) is 1.67. The Morgan fingerprint density at radius 2 is 1.81 bits per heavy atom. The Labute approximate surface area is 115 Å². The van der Waals surface area contributed by atoms with E-state index in [2.05, 4.69) is 36.8 Å². The summed E-state index contributed by atoms with van der Waals surface area (Å²) >= 11 is 12.7. The second kappa shape index (κ2) is 5.17. The maximum absolute atomic E-state index is 6.02. The number of ether oxygens (including phenoxy) is 1. The van der Waals surface area contributed by atoms with E-state index in [-0.39, 0.29) is 0 Å². The molecule has 1 heterocycles. The van der Waals surface area contributed by atoms with Crippen molar-refractivity contribution < 1.29 is 4.74 Å². The van der Waals surface area contributed by atoms with Crippen LogP contribution in [0.2, 0.25) is 5.02 Å². The van der Waals surface area contributed by atoms with Crippen molar-refractivity contribution in [2.75, 3.05) is 0 Å². The van der Waals surface area contributed by atoms with Crippen molar-refractivity contribution in [1.29, 1.82) is 0 Å². The van der Waals surface area contributed by atoms with Crippen LogP contribution in [0.1, 0.15) is 0 Å². The summed E-state index contributed by atoms with van der Waals surface area (Å²) in [6, 6.07) is 9.05. The van der Waals surface area contributed by atoms with Gasteiger partial charge in [0.25, 0.3) is 0 Å². The third-order valence-electron chi connectivity index (χ3n) is 1.81. The van der Waals surface area contributed by atoms with Crippen molar-refractivity contribution in [3.8, 4) is 11.6 Å². The average molecular weight is 363 g/mol. The second-order valence-electron chi connectivity index (χ2n) is 2.99. The minimum Gasteiger partial charge on any atom is -0.437 e. The van der Waals surface area contributed by atoms with Gasteiger partial charge in [-0.1, -0.05) is 27.5 Å². The van der Waals surface area contributed by atoms with Crippen molar-refractivity contribution >= 4 is 43.5 Å². The highest BCUT2D eigenvalue weighted by atomic mass is 79.9. The lowest BCUT2D eigenvalue weighted by atomic mass is 10.3. The highest BCUT2D eigenvalue weighted by molar-refractivity contribution is 9.10. The molecule has 2 nitrogen and oxygen atoms in total. The largest absolute Gasteiger partial charge is 0.437 e. The molecule has 0 radical (unpaired) electrons. The summed E-state index contributed by atoms with van der Waals surface area (Å²) in [5, 5.41) is 0.541. The summed E-state index contributed by atoms with van der Waals surface area (Å²) < 4.78 is 7.35. The molecule has 0 atom stereocenters. The molecule has 1 aromatic heterocycles. The molecule has 0 amide bonds. The fourth-order valence-electron chi connectivity index (χ4n) is 1.09. The molecule has 0 N–H and O–H groups in total. The van der Waals surface area contributed by atoms with E-state index in [4.69, 9.17) is 16.3 Å². The molecular formula is C11H6Br2ClNO. The molecule has 0 aliphatic heterocycles. The zero-order valence-electron chi connectivity index (χ0n) is 7.95. The predicted molar refractivity (Wildman–Crippen MR) is 71.2 cm³/mol. The number of benzene rings is 1. The summed E-state index contributed by atoms with van der Waals surface area (Å²) in [6.45, 7) is 0. The van der Waals surface area contributed by atoms with E-state index in [0.717, 1.165) is 8.95 Å². The standard InChI is InChI=1S/C11H6Br2ClNO/c12-7-1-3-10(9(14)5-7)16-11-4-2-8(13)6-15-11/h1-6H. The van der Waals surface area contributed by atoms with Gasteiger partial charge >= 0.3 is 0 Å². The number of pyridine rings is 1. The lowest BCUT2D eigenvalue weighted by Gasteiger charge is -2.06. The highest BCUT2D eigenvalue weighted by Gasteiger charge is 2.04. The van der Waals surface area contributed by atoms with Gasteiger partial charge in [-0.3, -0.25) is 0 Å². The van der Waals surface area contributed by atoms with Gasteiger partial charge in [0, 0.05) is 21.2 Å². The first-order valence-electron chi connectivity index (χ1n) is 4.39. The Bertz CT molecular complexity index is 502. The van der Waals surface area contributed by atoms with Crippen LogP contribution in [0.25, 0.3) is 0 Å². The van der Waals surface area contributed by atoms with E-state index in [1.807, 2.05) is 12.1 Å². The predicted octanol–water partition coefficient (Wildman–Crippen LogP) is 5.05. The molecule has 0 aliphatic carbocycles. The topological polar surface area (TPSA) is 22.1 Å². The number of hydrogen-bond donors (Lipinski definition) is 0. The zero-order valence-corrected chi connectivity index (χ0v) is 11.9. The van der Waals surface area contributed by atoms with E-state index < -0.39 is 0 Å². The van der Waals surface area contributed by atoms with E-state index in [9.17, 15) is 0 Å². The Hall–Kier alpha value is -0.580. The van der Waals surface area contributed by atoms with Gasteiger partial charge in [0.1, 0.15) is 5.75 Å². The van der Waals surface area contributed by atoms with Crippen molar-refractivity contribution in [2.45, 2.75) is 0 Å². The molecule has 0 saturated heterocycles. The van der Waals surface area contributed by atoms with Crippen LogP contribution in [0, 0.1) is 0 Å². The molecule has 0 saturated carbocycles. The van der Waals surface area contributed by atoms with Gasteiger partial charge in [0.15, 0.2) is 0 Å². The molecule has 16 heavy (non-hydrogen) atoms. The van der Waals surface area contributed by atoms with Crippen LogP contribution in [-0.4, -0.2) is 4.98 Å². The lowest BCUT2D eigenvalue weighted by Crippen LogP contribution is -1.87. The minimum absolute atomic E-state index is 0.507. The lowest BCUT2D eigenvalue weighted by molar-refractivity contribution is 0.463. The van der Waals surface area contributed by atoms with Gasteiger partial charge in [0.2, 0.25) is 5.88 Å². The molecule has 1 aromatic carbocycles. The van der Waals surface area contributed by atoms with Crippen molar-refractivity contribution in [2.24, 2.45) is 0 Å². The normalized spacial score (nSPS) is 10.2. The fourth-order valence-corrected chi connectivity index (χ4v) is 2.04. The molecule has 0 bridgehead atoms. The second-order valence-corrected chi connectivity index (χ2v) is 5.23. The van der Waals surface area contributed by atoms with Crippen LogP contribution in [0.4, 0.5) is 0 Å². The van der Waals surface area contributed by atoms with Gasteiger partial charge in [-0.05, 0) is 40.2 Å². The number of nitrogens with zero attached hydrogens (tertiary/aromatic N) is 1. The molecule has 0 spiro atoms. The summed E-state index contributed by atoms with van der Waals surface area (Å²) in [7, 11) is 0. The maximum atomic E-state index is 6.02. The smallest absolute Gasteiger partial charge is 0.219 e. The monoisotopic (exact) mass is 361 g/mol. The molecule has 2 rings (SSSR count). The zero-order chi connectivity index (χ0) is 11.5. The Kier molecular flexibility index (Phi) is 3.84. The van der Waals surface area contributed by atoms with Crippen LogP contribution < -0.4 is 4.74 Å². The van der Waals surface area contributed by atoms with E-state index in [1.165, 1.54) is 0 Å². The molecule has 5 heteroatoms. The SMILES string of the molecule is Clc1cc(Br)ccc1Oc1ccc(Br)cn1. The van der Waals surface area contributed by atoms with Crippen LogP contribution >= 0.6 is 43.5 Å². The highest BCUT2D eigenvalue weighted by Crippen LogP contribution is 2.31. The van der Waals surface area contributed by atoms with E-state index >= 15 is 0 Å². The first kappa shape index (κ1) is 11.9. The van der Waals surface area contributed by atoms with Gasteiger partial charge in [0.05, 0.1) is 5.02 Å². The number of hydrogen-bond acceptors (Lipinski definition) is 2. The van der Waals surface area contributed by atoms with Crippen LogP contribution in [0.5, 0.6) is 11.6 Å². The third kappa shape index (κ3) is 2.97. The van der Waals surface area contributed by atoms with Crippen LogP contribution in [0.15, 0.2) is 45.5 Å². The number of rotatable bonds is 2. The average Bonchev–Trinajstić information content (AvgIpc) is 2.25. The van der Waals surface area contributed by atoms with E-state index in [1.54, 1.807) is 24.4 Å². The summed E-state index contributed by atoms with van der Waals surface area (Å²) in [4.78, 5) is 4.10. The van der Waals surface area contributed by atoms with Gasteiger partial charge in [-0.25, -0.2) is 4.98 Å². The van der Waals surface area contributed by atoms with Gasteiger partial charge in [-0.15, -0.1) is 0 Å². The fraction of sp³-hybridized carbons (Fsp3) is 0. The first-order chi connectivity index (χ1) is 7.65. The van der Waals surface area contributed by atoms with Crippen LogP contribution in [-0.2, 0) is 0 Å². The Balaban J connectivity index is 2.23. The molecule has 0 aliphatic rings. The summed E-state index contributed by atoms with van der Waals surface area (Å²) in [5.41, 5.74) is 0. The molecule has 0 fully saturated rings. The third-order valence-corrected chi connectivity index (χ3v) is 3.07. The van der Waals surface area contributed by atoms with Gasteiger partial charge in [-0.2, -0.15) is 0 Å². The quantitative estimate of drug-likeness (QED) is 0.745. The van der Waals surface area contributed by atoms with E-state index in [0.29, 0.717) is 16.7 Å². The molecule has 2 aromatic rings. The van der Waals surface area contributed by atoms with Crippen molar-refractivity contribution in [1.82, 2.24) is 4.98 Å². The van der Waals surface area contributed by atoms with Gasteiger partial charge < -0.3 is 4.74 Å². The van der Waals surface area contributed by atoms with Crippen molar-refractivity contribution in [3.05, 3.63) is 50.5 Å². The minimum atomic E-state index is 0.507. The Morgan fingerprint density at radius 1 is 1.06 bits per heavy atom. The molecular weight excluding hydrogens is 357 g/mol. The molecule has 82 valence electrons.